The van der Waals surface area contributed by atoms with Gasteiger partial charge in [0.25, 0.3) is 47.6 Å². The van der Waals surface area contributed by atoms with Gasteiger partial charge in [0.1, 0.15) is 35.9 Å². The number of aromatic nitrogens is 4. The van der Waals surface area contributed by atoms with Crippen molar-refractivity contribution in [1.29, 1.82) is 21.0 Å². The van der Waals surface area contributed by atoms with Crippen LogP contribution in [0.15, 0.2) is 48.5 Å². The van der Waals surface area contributed by atoms with E-state index in [0.717, 1.165) is 0 Å². The van der Waals surface area contributed by atoms with Crippen LogP contribution in [0.25, 0.3) is 22.3 Å². The maximum absolute atomic E-state index is 16.4. The van der Waals surface area contributed by atoms with Crippen molar-refractivity contribution < 1.29 is 79.0 Å². The second-order valence-corrected chi connectivity index (χ2v) is 16.2. The number of pyridine rings is 4. The first kappa shape index (κ1) is 51.3. The highest BCUT2D eigenvalue weighted by Gasteiger charge is 2.53. The normalized spacial score (nSPS) is 14.8. The average molecular weight is 1070 g/mol. The molecule has 9 rings (SSSR count). The molecule has 0 fully saturated rings. The highest BCUT2D eigenvalue weighted by molar-refractivity contribution is 6.13. The minimum atomic E-state index is -3.46. The van der Waals surface area contributed by atoms with Gasteiger partial charge in [-0.2, -0.15) is 76.1 Å². The summed E-state index contributed by atoms with van der Waals surface area (Å²) >= 11 is 0. The molecule has 2 aliphatic carbocycles. The van der Waals surface area contributed by atoms with Crippen molar-refractivity contribution in [2.75, 3.05) is 0 Å². The number of hydrogen-bond donors (Lipinski definition) is 0. The van der Waals surface area contributed by atoms with Crippen molar-refractivity contribution in [3.8, 4) is 24.3 Å². The van der Waals surface area contributed by atoms with Crippen LogP contribution in [0, 0.1) is 151 Å². The molecule has 0 saturated carbocycles. The Labute approximate surface area is 410 Å². The summed E-state index contributed by atoms with van der Waals surface area (Å²) in [6.07, 6.45) is 0. The zero-order chi connectivity index (χ0) is 55.3. The number of benzene rings is 3. The molecular formula is C50H12F18N8. The maximum Gasteiger partial charge on any atom is 0.252 e. The van der Waals surface area contributed by atoms with Crippen LogP contribution in [0.4, 0.5) is 79.0 Å². The average Bonchev–Trinajstić information content (AvgIpc) is 3.90. The van der Waals surface area contributed by atoms with E-state index in [-0.39, 0.29) is 0 Å². The third kappa shape index (κ3) is 7.46. The molecule has 2 aliphatic rings. The lowest BCUT2D eigenvalue weighted by Gasteiger charge is -2.32. The lowest BCUT2D eigenvalue weighted by atomic mass is 9.69. The van der Waals surface area contributed by atoms with Gasteiger partial charge in [0.2, 0.25) is 0 Å². The van der Waals surface area contributed by atoms with Gasteiger partial charge in [-0.1, -0.05) is 24.3 Å². The number of halogens is 18. The second kappa shape index (κ2) is 18.7. The van der Waals surface area contributed by atoms with Crippen molar-refractivity contribution in [2.24, 2.45) is 0 Å². The Morgan fingerprint density at radius 3 is 0.750 bits per heavy atom. The minimum absolute atomic E-state index is 0.570. The number of nitrogens with zero attached hydrogens (tertiary/aromatic N) is 8. The molecule has 0 saturated heterocycles. The summed E-state index contributed by atoms with van der Waals surface area (Å²) < 4.78 is 283. The third-order valence-electron chi connectivity index (χ3n) is 12.7. The van der Waals surface area contributed by atoms with Crippen LogP contribution in [0.1, 0.15) is 90.4 Å². The monoisotopic (exact) mass is 1070 g/mol. The Morgan fingerprint density at radius 1 is 0.329 bits per heavy atom. The van der Waals surface area contributed by atoms with Gasteiger partial charge in [0.05, 0.1) is 22.3 Å². The van der Waals surface area contributed by atoms with Crippen LogP contribution in [-0.2, 0) is 0 Å². The molecule has 76 heavy (non-hydrogen) atoms. The first-order valence-corrected chi connectivity index (χ1v) is 20.7. The standard InChI is InChI=1S/C50H12F18N8/c51-15-5-1-13(2-6-15)21-17(9-69)23-19(11-71)26-24(20(12-72)25(23)27(21)29(31-35(53)43(61)73-44(62)36(31)54)32-37(55)45(63)74-46(64)38(32)56)18(10-70)22(14-3-7-16(52)8-4-14)28(26)30(33-39(57)47(65)75-48(66)40(33)58)34-41(59)49(67)76-50(68)42(34)60/h1-8,27-30H. The molecule has 2 atom stereocenters. The number of nitriles is 4. The molecule has 0 bridgehead atoms. The van der Waals surface area contributed by atoms with Gasteiger partial charge >= 0.3 is 0 Å². The molecule has 2 unspecified atom stereocenters. The molecule has 4 aromatic heterocycles. The Morgan fingerprint density at radius 2 is 0.553 bits per heavy atom. The van der Waals surface area contributed by atoms with Crippen LogP contribution < -0.4 is 0 Å². The van der Waals surface area contributed by atoms with Gasteiger partial charge in [-0.05, 0) is 57.7 Å². The summed E-state index contributed by atoms with van der Waals surface area (Å²) in [4.78, 5) is 9.46. The first-order valence-electron chi connectivity index (χ1n) is 20.7. The van der Waals surface area contributed by atoms with Gasteiger partial charge < -0.3 is 0 Å². The molecule has 0 aliphatic heterocycles. The van der Waals surface area contributed by atoms with Crippen molar-refractivity contribution in [3.05, 3.63) is 221 Å². The van der Waals surface area contributed by atoms with Crippen LogP contribution in [0.3, 0.4) is 0 Å². The van der Waals surface area contributed by atoms with Crippen molar-refractivity contribution in [1.82, 2.24) is 19.9 Å². The zero-order valence-electron chi connectivity index (χ0n) is 36.3. The summed E-state index contributed by atoms with van der Waals surface area (Å²) in [5.74, 6) is -57.7. The Bertz CT molecular complexity index is 3510. The van der Waals surface area contributed by atoms with Crippen LogP contribution in [0.2, 0.25) is 0 Å². The summed E-state index contributed by atoms with van der Waals surface area (Å²) in [7, 11) is 0. The highest BCUT2D eigenvalue weighted by Crippen LogP contribution is 2.64. The predicted octanol–water partition coefficient (Wildman–Crippen LogP) is 12.2. The zero-order valence-corrected chi connectivity index (χ0v) is 36.3. The SMILES string of the molecule is N#CC1=C(c2ccc(F)cc2)C(C(c2c(F)c(F)nc(F)c2F)c2c(F)c(F)nc(F)c2F)c2c(C#N)c3c(c(C#N)c21)C(C(c1c(F)c(F)nc(F)c1F)c1c(F)c(F)nc(F)c1F)C(c1ccc(F)cc1)=C3C#N. The first-order chi connectivity index (χ1) is 36.1. The summed E-state index contributed by atoms with van der Waals surface area (Å²) in [5, 5.41) is 44.9. The van der Waals surface area contributed by atoms with Crippen molar-refractivity contribution >= 4 is 22.3 Å². The molecule has 0 spiro atoms. The van der Waals surface area contributed by atoms with E-state index in [9.17, 15) is 29.8 Å². The number of allylic oxidation sites excluding steroid dienone is 4. The van der Waals surface area contributed by atoms with E-state index >= 15 is 70.2 Å². The minimum Gasteiger partial charge on any atom is -0.207 e. The molecule has 0 radical (unpaired) electrons. The molecule has 8 nitrogen and oxygen atoms in total. The summed E-state index contributed by atoms with van der Waals surface area (Å²) in [6.45, 7) is 0. The fraction of sp³-hybridized carbons (Fsp3) is 0.0800. The van der Waals surface area contributed by atoms with E-state index in [1.807, 2.05) is 0 Å². The summed E-state index contributed by atoms with van der Waals surface area (Å²) in [5.41, 5.74) is -22.7. The van der Waals surface area contributed by atoms with E-state index in [2.05, 4.69) is 19.9 Å². The van der Waals surface area contributed by atoms with Crippen molar-refractivity contribution in [3.63, 3.8) is 0 Å². The quantitative estimate of drug-likeness (QED) is 0.108. The van der Waals surface area contributed by atoms with Gasteiger partial charge in [0, 0.05) is 57.1 Å². The molecule has 26 heteroatoms. The van der Waals surface area contributed by atoms with E-state index in [1.54, 1.807) is 0 Å². The fourth-order valence-electron chi connectivity index (χ4n) is 9.90. The van der Waals surface area contributed by atoms with Gasteiger partial charge in [0.15, 0.2) is 46.5 Å². The molecular weight excluding hydrogens is 1050 g/mol. The van der Waals surface area contributed by atoms with Crippen LogP contribution >= 0.6 is 0 Å². The molecule has 7 aromatic rings. The summed E-state index contributed by atoms with van der Waals surface area (Å²) in [6, 6.07) is 10.9. The van der Waals surface area contributed by atoms with E-state index in [1.165, 1.54) is 24.3 Å². The van der Waals surface area contributed by atoms with E-state index in [0.29, 0.717) is 48.5 Å². The number of fused-ring (bicyclic) bond motifs is 2. The lowest BCUT2D eigenvalue weighted by Crippen LogP contribution is -2.25. The molecule has 378 valence electrons. The Kier molecular flexibility index (Phi) is 12.7. The Balaban J connectivity index is 1.58. The van der Waals surface area contributed by atoms with Gasteiger partial charge in [-0.3, -0.25) is 0 Å². The maximum atomic E-state index is 16.4. The lowest BCUT2D eigenvalue weighted by molar-refractivity contribution is 0.369. The predicted molar refractivity (Wildman–Crippen MR) is 219 cm³/mol. The number of rotatable bonds is 8. The smallest absolute Gasteiger partial charge is 0.207 e. The van der Waals surface area contributed by atoms with Gasteiger partial charge in [-0.15, -0.1) is 0 Å². The molecule has 0 N–H and O–H groups in total. The Hall–Kier alpha value is -9.56. The third-order valence-corrected chi connectivity index (χ3v) is 12.7. The molecule has 4 heterocycles. The number of hydrogen-bond acceptors (Lipinski definition) is 8. The topological polar surface area (TPSA) is 147 Å². The molecule has 0 amide bonds. The van der Waals surface area contributed by atoms with Crippen molar-refractivity contribution in [2.45, 2.75) is 23.7 Å². The van der Waals surface area contributed by atoms with Gasteiger partial charge in [-0.25, -0.2) is 43.9 Å². The fourth-order valence-corrected chi connectivity index (χ4v) is 9.90. The molecule has 3 aromatic carbocycles. The van der Waals surface area contributed by atoms with E-state index < -0.39 is 218 Å². The van der Waals surface area contributed by atoms with Crippen LogP contribution in [0.5, 0.6) is 0 Å². The van der Waals surface area contributed by atoms with Crippen LogP contribution in [-0.4, -0.2) is 19.9 Å². The largest absolute Gasteiger partial charge is 0.252 e. The second-order valence-electron chi connectivity index (χ2n) is 16.2. The highest BCUT2D eigenvalue weighted by atomic mass is 19.2. The van der Waals surface area contributed by atoms with E-state index in [4.69, 9.17) is 0 Å².